The van der Waals surface area contributed by atoms with Crippen LogP contribution in [0, 0.1) is 5.92 Å². The molecular weight excluding hydrogens is 208 g/mol. The second-order valence-corrected chi connectivity index (χ2v) is 4.73. The van der Waals surface area contributed by atoms with E-state index in [-0.39, 0.29) is 24.5 Å². The first-order valence-corrected chi connectivity index (χ1v) is 5.76. The first-order valence-electron chi connectivity index (χ1n) is 5.76. The fraction of sp³-hybridized carbons (Fsp3) is 0.818. The Morgan fingerprint density at radius 3 is 2.62 bits per heavy atom. The molecule has 0 aliphatic heterocycles. The molecule has 1 saturated carbocycles. The standard InChI is InChI=1S/C11H20N2O3/c1-7-3-4-9(5-7)13-11(16)12-8(2)6-10(14)15/h7-9H,3-6H2,1-2H3,(H,14,15)(H2,12,13,16). The fourth-order valence-corrected chi connectivity index (χ4v) is 2.10. The average molecular weight is 228 g/mol. The third-order valence-corrected chi connectivity index (χ3v) is 2.89. The summed E-state index contributed by atoms with van der Waals surface area (Å²) >= 11 is 0. The fourth-order valence-electron chi connectivity index (χ4n) is 2.10. The van der Waals surface area contributed by atoms with Gasteiger partial charge in [-0.15, -0.1) is 0 Å². The number of amides is 2. The zero-order valence-electron chi connectivity index (χ0n) is 9.82. The van der Waals surface area contributed by atoms with Gasteiger partial charge in [-0.1, -0.05) is 6.92 Å². The minimum absolute atomic E-state index is 0.0471. The summed E-state index contributed by atoms with van der Waals surface area (Å²) in [5.41, 5.74) is 0. The van der Waals surface area contributed by atoms with E-state index in [1.807, 2.05) is 0 Å². The van der Waals surface area contributed by atoms with Gasteiger partial charge in [0.15, 0.2) is 0 Å². The van der Waals surface area contributed by atoms with Gasteiger partial charge in [-0.2, -0.15) is 0 Å². The van der Waals surface area contributed by atoms with Crippen LogP contribution in [0.1, 0.15) is 39.5 Å². The van der Waals surface area contributed by atoms with Gasteiger partial charge in [-0.3, -0.25) is 4.79 Å². The Morgan fingerprint density at radius 2 is 2.12 bits per heavy atom. The van der Waals surface area contributed by atoms with E-state index in [1.54, 1.807) is 6.92 Å². The summed E-state index contributed by atoms with van der Waals surface area (Å²) in [6.07, 6.45) is 3.13. The third kappa shape index (κ3) is 4.51. The maximum Gasteiger partial charge on any atom is 0.315 e. The molecule has 0 aromatic carbocycles. The molecule has 16 heavy (non-hydrogen) atoms. The van der Waals surface area contributed by atoms with Crippen LogP contribution in [0.3, 0.4) is 0 Å². The number of nitrogens with one attached hydrogen (secondary N) is 2. The molecule has 0 aromatic rings. The quantitative estimate of drug-likeness (QED) is 0.679. The summed E-state index contributed by atoms with van der Waals surface area (Å²) in [5, 5.41) is 14.0. The molecule has 0 aromatic heterocycles. The predicted molar refractivity (Wildman–Crippen MR) is 60.2 cm³/mol. The van der Waals surface area contributed by atoms with E-state index in [1.165, 1.54) is 0 Å². The van der Waals surface area contributed by atoms with Crippen molar-refractivity contribution in [3.8, 4) is 0 Å². The Morgan fingerprint density at radius 1 is 1.44 bits per heavy atom. The lowest BCUT2D eigenvalue weighted by Crippen LogP contribution is -2.45. The third-order valence-electron chi connectivity index (χ3n) is 2.89. The van der Waals surface area contributed by atoms with Gasteiger partial charge >= 0.3 is 12.0 Å². The highest BCUT2D eigenvalue weighted by Crippen LogP contribution is 2.24. The summed E-state index contributed by atoms with van der Waals surface area (Å²) in [6.45, 7) is 3.86. The summed E-state index contributed by atoms with van der Waals surface area (Å²) in [5.74, 6) is -0.232. The van der Waals surface area contributed by atoms with Gasteiger partial charge in [-0.05, 0) is 32.1 Å². The predicted octanol–water partition coefficient (Wildman–Crippen LogP) is 1.34. The summed E-state index contributed by atoms with van der Waals surface area (Å²) in [6, 6.07) is -0.351. The molecule has 0 heterocycles. The molecule has 0 bridgehead atoms. The highest BCUT2D eigenvalue weighted by Gasteiger charge is 2.23. The summed E-state index contributed by atoms with van der Waals surface area (Å²) in [7, 11) is 0. The molecule has 2 amide bonds. The number of hydrogen-bond acceptors (Lipinski definition) is 2. The van der Waals surface area contributed by atoms with Gasteiger partial charge in [0.05, 0.1) is 6.42 Å². The lowest BCUT2D eigenvalue weighted by molar-refractivity contribution is -0.137. The van der Waals surface area contributed by atoms with Gasteiger partial charge in [-0.25, -0.2) is 4.79 Å². The molecule has 5 nitrogen and oxygen atoms in total. The van der Waals surface area contributed by atoms with Gasteiger partial charge in [0, 0.05) is 12.1 Å². The number of rotatable bonds is 4. The molecule has 1 fully saturated rings. The Hall–Kier alpha value is -1.26. The summed E-state index contributed by atoms with van der Waals surface area (Å²) < 4.78 is 0. The zero-order valence-corrected chi connectivity index (χ0v) is 9.82. The smallest absolute Gasteiger partial charge is 0.315 e. The lowest BCUT2D eigenvalue weighted by Gasteiger charge is -2.16. The molecule has 0 saturated heterocycles. The van der Waals surface area contributed by atoms with Crippen molar-refractivity contribution in [2.75, 3.05) is 0 Å². The van der Waals surface area contributed by atoms with Gasteiger partial charge in [0.1, 0.15) is 0 Å². The van der Waals surface area contributed by atoms with E-state index in [0.717, 1.165) is 19.3 Å². The number of carbonyl (C=O) groups excluding carboxylic acids is 1. The molecule has 3 N–H and O–H groups in total. The van der Waals surface area contributed by atoms with Crippen molar-refractivity contribution < 1.29 is 14.7 Å². The second kappa shape index (κ2) is 5.72. The molecule has 1 rings (SSSR count). The van der Waals surface area contributed by atoms with Crippen LogP contribution in [-0.4, -0.2) is 29.2 Å². The van der Waals surface area contributed by atoms with E-state index in [4.69, 9.17) is 5.11 Å². The van der Waals surface area contributed by atoms with Crippen molar-refractivity contribution in [2.45, 2.75) is 51.6 Å². The molecule has 5 heteroatoms. The monoisotopic (exact) mass is 228 g/mol. The van der Waals surface area contributed by atoms with E-state index in [2.05, 4.69) is 17.6 Å². The Bertz CT molecular complexity index is 268. The second-order valence-electron chi connectivity index (χ2n) is 4.73. The van der Waals surface area contributed by atoms with Crippen LogP contribution in [0.5, 0.6) is 0 Å². The van der Waals surface area contributed by atoms with Crippen molar-refractivity contribution in [2.24, 2.45) is 5.92 Å². The van der Waals surface area contributed by atoms with E-state index < -0.39 is 5.97 Å². The van der Waals surface area contributed by atoms with Crippen LogP contribution in [0.25, 0.3) is 0 Å². The number of aliphatic carboxylic acids is 1. The van der Waals surface area contributed by atoms with Crippen molar-refractivity contribution in [1.29, 1.82) is 0 Å². The topological polar surface area (TPSA) is 78.4 Å². The van der Waals surface area contributed by atoms with Crippen LogP contribution in [0.2, 0.25) is 0 Å². The van der Waals surface area contributed by atoms with Crippen LogP contribution in [0.4, 0.5) is 4.79 Å². The van der Waals surface area contributed by atoms with Crippen molar-refractivity contribution >= 4 is 12.0 Å². The summed E-state index contributed by atoms with van der Waals surface area (Å²) in [4.78, 5) is 21.9. The molecule has 92 valence electrons. The van der Waals surface area contributed by atoms with E-state index in [9.17, 15) is 9.59 Å². The number of urea groups is 1. The average Bonchev–Trinajstić information content (AvgIpc) is 2.48. The minimum atomic E-state index is -0.901. The molecule has 1 aliphatic rings. The highest BCUT2D eigenvalue weighted by atomic mass is 16.4. The Labute approximate surface area is 95.6 Å². The molecule has 3 atom stereocenters. The number of carboxylic acids is 1. The normalized spacial score (nSPS) is 26.1. The largest absolute Gasteiger partial charge is 0.481 e. The molecule has 0 spiro atoms. The van der Waals surface area contributed by atoms with Gasteiger partial charge in [0.2, 0.25) is 0 Å². The van der Waals surface area contributed by atoms with Gasteiger partial charge < -0.3 is 15.7 Å². The van der Waals surface area contributed by atoms with Crippen LogP contribution in [0.15, 0.2) is 0 Å². The number of carboxylic acid groups (broad SMARTS) is 1. The van der Waals surface area contributed by atoms with Crippen molar-refractivity contribution in [3.63, 3.8) is 0 Å². The molecule has 3 unspecified atom stereocenters. The number of hydrogen-bond donors (Lipinski definition) is 3. The Balaban J connectivity index is 2.22. The SMILES string of the molecule is CC1CCC(NC(=O)NC(C)CC(=O)O)C1. The van der Waals surface area contributed by atoms with Crippen molar-refractivity contribution in [3.05, 3.63) is 0 Å². The minimum Gasteiger partial charge on any atom is -0.481 e. The molecule has 0 radical (unpaired) electrons. The van der Waals surface area contributed by atoms with Crippen molar-refractivity contribution in [1.82, 2.24) is 10.6 Å². The zero-order chi connectivity index (χ0) is 12.1. The van der Waals surface area contributed by atoms with Gasteiger partial charge in [0.25, 0.3) is 0 Å². The molecular formula is C11H20N2O3. The first kappa shape index (κ1) is 12.8. The van der Waals surface area contributed by atoms with E-state index >= 15 is 0 Å². The lowest BCUT2D eigenvalue weighted by atomic mass is 10.1. The Kier molecular flexibility index (Phi) is 4.58. The van der Waals surface area contributed by atoms with Crippen LogP contribution < -0.4 is 10.6 Å². The van der Waals surface area contributed by atoms with Crippen LogP contribution in [-0.2, 0) is 4.79 Å². The first-order chi connectivity index (χ1) is 7.47. The van der Waals surface area contributed by atoms with Crippen LogP contribution >= 0.6 is 0 Å². The molecule has 1 aliphatic carbocycles. The highest BCUT2D eigenvalue weighted by molar-refractivity contribution is 5.75. The maximum absolute atomic E-state index is 11.5. The van der Waals surface area contributed by atoms with E-state index in [0.29, 0.717) is 5.92 Å². The number of carbonyl (C=O) groups is 2. The maximum atomic E-state index is 11.5.